The van der Waals surface area contributed by atoms with Gasteiger partial charge in [0.25, 0.3) is 11.7 Å². The van der Waals surface area contributed by atoms with Crippen LogP contribution in [0.2, 0.25) is 0 Å². The van der Waals surface area contributed by atoms with E-state index < -0.39 is 108 Å². The molecule has 0 aromatic carbocycles. The van der Waals surface area contributed by atoms with E-state index in [-0.39, 0.29) is 50.2 Å². The van der Waals surface area contributed by atoms with Crippen molar-refractivity contribution in [3.63, 3.8) is 0 Å². The van der Waals surface area contributed by atoms with Gasteiger partial charge >= 0.3 is 12.1 Å². The Morgan fingerprint density at radius 3 is 2.15 bits per heavy atom. The first-order valence-corrected chi connectivity index (χ1v) is 29.3. The summed E-state index contributed by atoms with van der Waals surface area (Å²) in [5, 5.41) is 38.3. The molecule has 21 nitrogen and oxygen atoms in total. The number of hydrogen-bond donors (Lipinski definition) is 5. The molecule has 1 aliphatic carbocycles. The number of ketones is 2. The number of carbonyl (C=O) groups is 5. The molecule has 0 radical (unpaired) electrons. The van der Waals surface area contributed by atoms with Crippen molar-refractivity contribution in [1.82, 2.24) is 10.2 Å². The molecule has 3 fully saturated rings. The lowest BCUT2D eigenvalue weighted by molar-refractivity contribution is -0.265. The van der Waals surface area contributed by atoms with Gasteiger partial charge in [0.1, 0.15) is 30.5 Å². The standard InChI is InChI=1S/C60H99N3O18/c1-38-16-12-11-13-17-39(2)50(73-8)36-45-21-19-43(6)60(71,81-45)56(67)57(68)63-24-15-14-18-47(63)58(69)79-51(37-48(64)40(3)33-42(5)54(66)55(75-10)53(65)41(4)32-38)46(61)34-44-20-22-49(52(35-44)74-9)80-59(70)62-23-25-76-28-29-78-31-30-77-27-26-72-7/h11-13,16-17,33,38,40-41,43-52,54-55,64,66,71H,14-15,18-32,34-37,61H2,1-10H3,(H,62,70)/b13-11+,16-12+,39-17+,42-33+/t38-,40-,41-,43-,44+,45+,46-,47+,48-,49-,50+,51+,52-,54-,55+,60-/m1/s1. The Hall–Kier alpha value is -3.97. The molecule has 2 bridgehead atoms. The molecule has 462 valence electrons. The number of fused-ring (bicyclic) bond motifs is 3. The first kappa shape index (κ1) is 69.5. The quantitative estimate of drug-likeness (QED) is 0.0487. The first-order chi connectivity index (χ1) is 38.7. The number of esters is 1. The van der Waals surface area contributed by atoms with Crippen LogP contribution in [-0.2, 0) is 66.5 Å². The highest BCUT2D eigenvalue weighted by Gasteiger charge is 2.53. The SMILES string of the molecule is COCCOCCOCCOCCNC(=O)O[C@@H]1CC[C@@H](C[C@@H](N)[C@@H]2C[C@@H](O)[C@H](C)/C=C(\C)[C@@H](O)[C@@H](OC)C(=O)[C@H](C)C[C@H](C)/C=C/C=C/C=C(\C)[C@@H](OC)C[C@@H]3CC[C@@H](C)[C@@](O)(O3)C(=O)C(=O)N3CCCC[C@H]3C(=O)O2)C[C@H]1OC. The topological polar surface area (TPSA) is 280 Å². The van der Waals surface area contributed by atoms with Crippen LogP contribution in [0.25, 0.3) is 0 Å². The van der Waals surface area contributed by atoms with Crippen LogP contribution in [-0.4, -0.2) is 204 Å². The number of hydrogen-bond acceptors (Lipinski definition) is 19. The Kier molecular flexibility index (Phi) is 30.9. The minimum Gasteiger partial charge on any atom is -0.459 e. The van der Waals surface area contributed by atoms with Gasteiger partial charge in [0.05, 0.1) is 70.7 Å². The summed E-state index contributed by atoms with van der Waals surface area (Å²) in [7, 11) is 6.09. The third kappa shape index (κ3) is 21.9. The van der Waals surface area contributed by atoms with Crippen molar-refractivity contribution in [1.29, 1.82) is 0 Å². The summed E-state index contributed by atoms with van der Waals surface area (Å²) in [6.07, 6.45) is 8.12. The first-order valence-electron chi connectivity index (χ1n) is 29.3. The second-order valence-corrected chi connectivity index (χ2v) is 22.6. The fraction of sp³-hybridized carbons (Fsp3) is 0.783. The third-order valence-corrected chi connectivity index (χ3v) is 16.3. The van der Waals surface area contributed by atoms with Crippen LogP contribution < -0.4 is 11.1 Å². The number of aliphatic hydroxyl groups excluding tert-OH is 2. The summed E-state index contributed by atoms with van der Waals surface area (Å²) in [4.78, 5) is 71.2. The average molecular weight is 1150 g/mol. The lowest BCUT2D eigenvalue weighted by Crippen LogP contribution is -2.61. The van der Waals surface area contributed by atoms with Gasteiger partial charge in [-0.05, 0) is 101 Å². The summed E-state index contributed by atoms with van der Waals surface area (Å²) >= 11 is 0. The van der Waals surface area contributed by atoms with E-state index >= 15 is 0 Å². The molecule has 16 atom stereocenters. The highest BCUT2D eigenvalue weighted by molar-refractivity contribution is 6.39. The molecule has 3 aliphatic heterocycles. The summed E-state index contributed by atoms with van der Waals surface area (Å²) in [6.45, 7) is 13.9. The number of rotatable bonds is 19. The fourth-order valence-corrected chi connectivity index (χ4v) is 11.2. The van der Waals surface area contributed by atoms with Crippen LogP contribution in [0.15, 0.2) is 47.6 Å². The Morgan fingerprint density at radius 2 is 1.48 bits per heavy atom. The van der Waals surface area contributed by atoms with Crippen LogP contribution in [0.4, 0.5) is 4.79 Å². The zero-order chi connectivity index (χ0) is 59.6. The minimum absolute atomic E-state index is 0.00233. The summed E-state index contributed by atoms with van der Waals surface area (Å²) < 4.78 is 56.9. The van der Waals surface area contributed by atoms with E-state index in [1.54, 1.807) is 41.1 Å². The molecule has 4 rings (SSSR count). The number of allylic oxidation sites excluding steroid dienone is 5. The molecule has 1 saturated carbocycles. The van der Waals surface area contributed by atoms with Gasteiger partial charge in [0, 0.05) is 78.2 Å². The zero-order valence-electron chi connectivity index (χ0n) is 50.0. The van der Waals surface area contributed by atoms with Crippen molar-refractivity contribution < 1.29 is 86.7 Å². The van der Waals surface area contributed by atoms with Gasteiger partial charge in [0.15, 0.2) is 5.78 Å². The monoisotopic (exact) mass is 1150 g/mol. The summed E-state index contributed by atoms with van der Waals surface area (Å²) in [6, 6.07) is -2.07. The van der Waals surface area contributed by atoms with E-state index in [1.807, 2.05) is 51.2 Å². The van der Waals surface area contributed by atoms with Gasteiger partial charge in [0.2, 0.25) is 5.79 Å². The number of piperidine rings is 1. The number of methoxy groups -OCH3 is 4. The Morgan fingerprint density at radius 1 is 0.790 bits per heavy atom. The Labute approximate surface area is 480 Å². The van der Waals surface area contributed by atoms with Crippen molar-refractivity contribution in [3.8, 4) is 0 Å². The van der Waals surface area contributed by atoms with Gasteiger partial charge in [-0.2, -0.15) is 0 Å². The predicted octanol–water partition coefficient (Wildman–Crippen LogP) is 5.09. The molecule has 81 heavy (non-hydrogen) atoms. The molecule has 21 heteroatoms. The van der Waals surface area contributed by atoms with Crippen molar-refractivity contribution in [2.75, 3.05) is 87.8 Å². The van der Waals surface area contributed by atoms with Gasteiger partial charge < -0.3 is 78.6 Å². The largest absolute Gasteiger partial charge is 0.459 e. The summed E-state index contributed by atoms with van der Waals surface area (Å²) in [5.41, 5.74) is 8.28. The zero-order valence-corrected chi connectivity index (χ0v) is 50.0. The molecule has 2 saturated heterocycles. The number of alkyl carbamates (subject to hydrolysis) is 1. The number of carbonyl (C=O) groups excluding carboxylic acids is 5. The lowest BCUT2D eigenvalue weighted by atomic mass is 9.80. The van der Waals surface area contributed by atoms with E-state index in [2.05, 4.69) is 5.32 Å². The van der Waals surface area contributed by atoms with Crippen LogP contribution in [0, 0.1) is 29.6 Å². The lowest BCUT2D eigenvalue weighted by Gasteiger charge is -2.42. The molecular formula is C60H99N3O18. The molecule has 3 heterocycles. The smallest absolute Gasteiger partial charge is 0.407 e. The van der Waals surface area contributed by atoms with Crippen LogP contribution in [0.1, 0.15) is 119 Å². The maximum Gasteiger partial charge on any atom is 0.407 e. The highest BCUT2D eigenvalue weighted by Crippen LogP contribution is 2.37. The number of ether oxygens (including phenoxy) is 10. The molecule has 0 aromatic heterocycles. The van der Waals surface area contributed by atoms with E-state index in [9.17, 15) is 39.3 Å². The fourth-order valence-electron chi connectivity index (χ4n) is 11.2. The number of aliphatic hydroxyl groups is 3. The van der Waals surface area contributed by atoms with Gasteiger partial charge in [-0.25, -0.2) is 9.59 Å². The molecule has 4 aliphatic rings. The van der Waals surface area contributed by atoms with E-state index in [0.717, 1.165) is 10.5 Å². The molecule has 2 amide bonds. The maximum absolute atomic E-state index is 14.6. The molecule has 0 unspecified atom stereocenters. The number of Topliss-reactive ketones (excluding diaryl/α,β-unsaturated/α-hetero) is 2. The number of nitrogens with two attached hydrogens (primary N) is 1. The van der Waals surface area contributed by atoms with E-state index in [1.165, 1.54) is 14.2 Å². The normalized spacial score (nSPS) is 35.6. The van der Waals surface area contributed by atoms with Crippen molar-refractivity contribution in [2.24, 2.45) is 35.3 Å². The van der Waals surface area contributed by atoms with Crippen molar-refractivity contribution in [2.45, 2.75) is 185 Å². The number of nitrogens with zero attached hydrogens (tertiary/aromatic N) is 1. The molecule has 0 aromatic rings. The Balaban J connectivity index is 1.55. The van der Waals surface area contributed by atoms with Gasteiger partial charge in [-0.15, -0.1) is 0 Å². The molecule has 6 N–H and O–H groups in total. The van der Waals surface area contributed by atoms with Gasteiger partial charge in [-0.3, -0.25) is 14.4 Å². The molecule has 0 spiro atoms. The van der Waals surface area contributed by atoms with Crippen LogP contribution >= 0.6 is 0 Å². The minimum atomic E-state index is -2.47. The van der Waals surface area contributed by atoms with E-state index in [4.69, 9.17) is 53.1 Å². The maximum atomic E-state index is 14.6. The second-order valence-electron chi connectivity index (χ2n) is 22.6. The van der Waals surface area contributed by atoms with Crippen molar-refractivity contribution in [3.05, 3.63) is 47.6 Å². The van der Waals surface area contributed by atoms with Crippen molar-refractivity contribution >= 4 is 29.5 Å². The third-order valence-electron chi connectivity index (χ3n) is 16.3. The van der Waals surface area contributed by atoms with Crippen LogP contribution in [0.5, 0.6) is 0 Å². The number of cyclic esters (lactones) is 1. The van der Waals surface area contributed by atoms with E-state index in [0.29, 0.717) is 109 Å². The molecular weight excluding hydrogens is 1050 g/mol. The Bertz CT molecular complexity index is 2070. The average Bonchev–Trinajstić information content (AvgIpc) is 3.56. The number of amides is 2. The second kappa shape index (κ2) is 36.0. The highest BCUT2D eigenvalue weighted by atomic mass is 16.6. The summed E-state index contributed by atoms with van der Waals surface area (Å²) in [5.74, 6) is -7.75. The number of nitrogens with one attached hydrogen (secondary N) is 1. The van der Waals surface area contributed by atoms with Gasteiger partial charge in [-0.1, -0.05) is 64.2 Å². The predicted molar refractivity (Wildman–Crippen MR) is 302 cm³/mol. The van der Waals surface area contributed by atoms with Crippen LogP contribution in [0.3, 0.4) is 0 Å².